The van der Waals surface area contributed by atoms with Crippen molar-refractivity contribution in [2.45, 2.75) is 161 Å². The second kappa shape index (κ2) is 19.0. The lowest BCUT2D eigenvalue weighted by atomic mass is 9.44. The third-order valence-electron chi connectivity index (χ3n) is 13.8. The summed E-state index contributed by atoms with van der Waals surface area (Å²) in [6.07, 6.45) is -13.3. The highest BCUT2D eigenvalue weighted by Gasteiger charge is 2.78. The third-order valence-corrected chi connectivity index (χ3v) is 13.8. The molecule has 2 bridgehead atoms. The maximum atomic E-state index is 15.1. The Morgan fingerprint density at radius 2 is 1.53 bits per heavy atom. The van der Waals surface area contributed by atoms with Gasteiger partial charge in [0.15, 0.2) is 24.1 Å². The van der Waals surface area contributed by atoms with Gasteiger partial charge in [-0.2, -0.15) is 0 Å². The summed E-state index contributed by atoms with van der Waals surface area (Å²) in [5.74, 6) is -4.96. The lowest BCUT2D eigenvalue weighted by molar-refractivity contribution is -0.365. The predicted molar refractivity (Wildman–Crippen MR) is 234 cm³/mol. The van der Waals surface area contributed by atoms with Crippen LogP contribution < -0.4 is 5.32 Å². The van der Waals surface area contributed by atoms with Gasteiger partial charge in [0, 0.05) is 44.1 Å². The SMILES string of the molecule is CCOC(C)O[C@@H](C(=O)O[C@H]1C[C@@]2(O)[C@@H](OC(=O)c3ccccc3)[C@@H]3[C@]4(OC(C)=O)CO[C@@H]4C[C@H](O)[C@@]3(C)[C@@H](O)[C@H](OC(C)=O)C(=C1C)C2(C)C)[C@@H](NC(=O)OC(C)(C)C)c1ccccc1. The number of carbonyl (C=O) groups is 5. The molecule has 2 saturated carbocycles. The first-order valence-corrected chi connectivity index (χ1v) is 22.4. The van der Waals surface area contributed by atoms with Crippen LogP contribution in [0.4, 0.5) is 4.79 Å². The Morgan fingerprint density at radius 1 is 0.909 bits per heavy atom. The highest BCUT2D eigenvalue weighted by atomic mass is 16.7. The summed E-state index contributed by atoms with van der Waals surface area (Å²) in [5.41, 5.74) is -7.55. The largest absolute Gasteiger partial charge is 0.456 e. The Bertz CT molecular complexity index is 2160. The van der Waals surface area contributed by atoms with E-state index in [1.165, 1.54) is 26.0 Å². The van der Waals surface area contributed by atoms with Gasteiger partial charge >= 0.3 is 30.0 Å². The molecule has 0 radical (unpaired) electrons. The van der Waals surface area contributed by atoms with E-state index in [9.17, 15) is 34.5 Å². The predicted octanol–water partition coefficient (Wildman–Crippen LogP) is 5.03. The van der Waals surface area contributed by atoms with Gasteiger partial charge in [-0.1, -0.05) is 69.3 Å². The van der Waals surface area contributed by atoms with E-state index in [0.717, 1.165) is 6.92 Å². The van der Waals surface area contributed by atoms with Crippen LogP contribution in [0.2, 0.25) is 0 Å². The topological polar surface area (TPSA) is 232 Å². The number of hydrogen-bond acceptors (Lipinski definition) is 16. The molecule has 1 unspecified atom stereocenters. The van der Waals surface area contributed by atoms with E-state index in [1.807, 2.05) is 0 Å². The molecule has 3 fully saturated rings. The molecule has 17 heteroatoms. The van der Waals surface area contributed by atoms with E-state index < -0.39 is 125 Å². The Hall–Kier alpha value is -4.91. The molecular formula is C49H65NO16. The second-order valence-corrected chi connectivity index (χ2v) is 19.5. The molecule has 4 aliphatic rings. The maximum absolute atomic E-state index is 15.1. The molecule has 2 aromatic carbocycles. The van der Waals surface area contributed by atoms with E-state index in [1.54, 1.807) is 104 Å². The van der Waals surface area contributed by atoms with Gasteiger partial charge in [-0.25, -0.2) is 14.4 Å². The summed E-state index contributed by atoms with van der Waals surface area (Å²) < 4.78 is 48.6. The lowest BCUT2D eigenvalue weighted by Gasteiger charge is -2.69. The van der Waals surface area contributed by atoms with E-state index in [-0.39, 0.29) is 36.3 Å². The highest BCUT2D eigenvalue weighted by molar-refractivity contribution is 5.89. The van der Waals surface area contributed by atoms with Gasteiger partial charge < -0.3 is 58.5 Å². The molecule has 17 nitrogen and oxygen atoms in total. The summed E-state index contributed by atoms with van der Waals surface area (Å²) in [6.45, 7) is 17.0. The van der Waals surface area contributed by atoms with Crippen LogP contribution in [0.5, 0.6) is 0 Å². The van der Waals surface area contributed by atoms with Crippen molar-refractivity contribution >= 4 is 30.0 Å². The van der Waals surface area contributed by atoms with Crippen molar-refractivity contribution in [1.29, 1.82) is 0 Å². The monoisotopic (exact) mass is 923 g/mol. The molecular weight excluding hydrogens is 859 g/mol. The van der Waals surface area contributed by atoms with Gasteiger partial charge in [-0.15, -0.1) is 0 Å². The molecule has 1 aliphatic heterocycles. The zero-order valence-electron chi connectivity index (χ0n) is 39.5. The van der Waals surface area contributed by atoms with Gasteiger partial charge in [0.1, 0.15) is 35.6 Å². The fourth-order valence-electron chi connectivity index (χ4n) is 10.6. The van der Waals surface area contributed by atoms with Crippen molar-refractivity contribution in [1.82, 2.24) is 5.32 Å². The third kappa shape index (κ3) is 9.34. The number of fused-ring (bicyclic) bond motifs is 5. The molecule has 1 heterocycles. The number of alkyl carbamates (subject to hydrolysis) is 1. The Kier molecular flexibility index (Phi) is 14.5. The van der Waals surface area contributed by atoms with Crippen molar-refractivity contribution in [3.05, 3.63) is 82.9 Å². The molecule has 1 amide bonds. The summed E-state index contributed by atoms with van der Waals surface area (Å²) in [5, 5.41) is 41.8. The number of amides is 1. The zero-order valence-corrected chi connectivity index (χ0v) is 39.5. The first kappa shape index (κ1) is 50.5. The fourth-order valence-corrected chi connectivity index (χ4v) is 10.6. The number of esters is 4. The van der Waals surface area contributed by atoms with Crippen LogP contribution in [-0.4, -0.2) is 124 Å². The minimum atomic E-state index is -2.35. The second-order valence-electron chi connectivity index (χ2n) is 19.5. The van der Waals surface area contributed by atoms with Crippen molar-refractivity contribution < 1.29 is 77.2 Å². The lowest BCUT2D eigenvalue weighted by Crippen LogP contribution is -2.82. The van der Waals surface area contributed by atoms with Crippen LogP contribution >= 0.6 is 0 Å². The van der Waals surface area contributed by atoms with Crippen molar-refractivity contribution in [2.75, 3.05) is 13.2 Å². The minimum absolute atomic E-state index is 0.0962. The number of benzene rings is 2. The van der Waals surface area contributed by atoms with Gasteiger partial charge in [-0.05, 0) is 70.4 Å². The molecule has 362 valence electrons. The number of nitrogens with one attached hydrogen (secondary N) is 1. The van der Waals surface area contributed by atoms with Crippen LogP contribution in [0.15, 0.2) is 71.8 Å². The van der Waals surface area contributed by atoms with Crippen LogP contribution in [0.1, 0.15) is 111 Å². The van der Waals surface area contributed by atoms with E-state index in [0.29, 0.717) is 5.56 Å². The van der Waals surface area contributed by atoms with Gasteiger partial charge in [-0.3, -0.25) is 9.59 Å². The van der Waals surface area contributed by atoms with Crippen LogP contribution in [0.25, 0.3) is 0 Å². The van der Waals surface area contributed by atoms with Crippen LogP contribution in [0, 0.1) is 16.7 Å². The average molecular weight is 924 g/mol. The molecule has 13 atom stereocenters. The molecule has 0 spiro atoms. The van der Waals surface area contributed by atoms with E-state index in [2.05, 4.69) is 5.32 Å². The molecule has 4 N–H and O–H groups in total. The smallest absolute Gasteiger partial charge is 0.408 e. The zero-order chi connectivity index (χ0) is 48.7. The number of hydrogen-bond donors (Lipinski definition) is 4. The van der Waals surface area contributed by atoms with Crippen LogP contribution in [0.3, 0.4) is 0 Å². The summed E-state index contributed by atoms with van der Waals surface area (Å²) >= 11 is 0. The Labute approximate surface area is 385 Å². The molecule has 2 aromatic rings. The number of aliphatic hydroxyl groups excluding tert-OH is 2. The standard InChI is InChI=1S/C49H65NO16/c1-12-59-29(5)62-38(36(30-19-15-13-16-20-30)50-44(57)66-45(6,7)8)43(56)63-32-24-49(58)41(64-42(55)31-21-17-14-18-22-31)39-47(11,33(53)23-34-48(39,25-60-34)65-28(4)52)40(54)37(61-27(3)51)35(26(32)2)46(49,9)10/h13-22,29,32-34,36-41,53-54,58H,12,23-25H2,1-11H3,(H,50,57)/t29?,32-,33-,34+,36-,37+,38+,39-,40-,41-,47+,48-,49+/m0/s1. The highest BCUT2D eigenvalue weighted by Crippen LogP contribution is 2.65. The molecule has 66 heavy (non-hydrogen) atoms. The molecule has 1 saturated heterocycles. The molecule has 6 rings (SSSR count). The van der Waals surface area contributed by atoms with E-state index in [4.69, 9.17) is 37.9 Å². The Balaban J connectivity index is 1.57. The first-order valence-electron chi connectivity index (χ1n) is 22.4. The van der Waals surface area contributed by atoms with Crippen molar-refractivity contribution in [3.8, 4) is 0 Å². The van der Waals surface area contributed by atoms with Gasteiger partial charge in [0.05, 0.1) is 30.2 Å². The van der Waals surface area contributed by atoms with Gasteiger partial charge in [0.2, 0.25) is 0 Å². The Morgan fingerprint density at radius 3 is 2.08 bits per heavy atom. The van der Waals surface area contributed by atoms with Crippen molar-refractivity contribution in [2.24, 2.45) is 16.7 Å². The number of aliphatic hydroxyl groups is 3. The normalized spacial score (nSPS) is 32.5. The quantitative estimate of drug-likeness (QED) is 0.0893. The number of carbonyl (C=O) groups excluding carboxylic acids is 5. The summed E-state index contributed by atoms with van der Waals surface area (Å²) in [4.78, 5) is 69.2. The summed E-state index contributed by atoms with van der Waals surface area (Å²) in [7, 11) is 0. The summed E-state index contributed by atoms with van der Waals surface area (Å²) in [6, 6.07) is 15.3. The molecule has 0 aromatic heterocycles. The van der Waals surface area contributed by atoms with Crippen molar-refractivity contribution in [3.63, 3.8) is 0 Å². The maximum Gasteiger partial charge on any atom is 0.408 e. The average Bonchev–Trinajstić information content (AvgIpc) is 3.23. The fraction of sp³-hybridized carbons (Fsp3) is 0.612. The van der Waals surface area contributed by atoms with Crippen LogP contribution in [-0.2, 0) is 52.3 Å². The van der Waals surface area contributed by atoms with Gasteiger partial charge in [0.25, 0.3) is 0 Å². The minimum Gasteiger partial charge on any atom is -0.456 e. The first-order chi connectivity index (χ1) is 30.8. The number of rotatable bonds is 13. The molecule has 3 aliphatic carbocycles. The number of ether oxygens (including phenoxy) is 8. The van der Waals surface area contributed by atoms with E-state index >= 15 is 4.79 Å².